The highest BCUT2D eigenvalue weighted by molar-refractivity contribution is 8.00. The number of aromatic carboxylic acids is 1. The first-order chi connectivity index (χ1) is 12.9. The Morgan fingerprint density at radius 2 is 2.04 bits per heavy atom. The molecule has 1 aliphatic rings. The van der Waals surface area contributed by atoms with E-state index in [2.05, 4.69) is 10.6 Å². The van der Waals surface area contributed by atoms with Crippen molar-refractivity contribution >= 4 is 35.2 Å². The summed E-state index contributed by atoms with van der Waals surface area (Å²) in [5.74, 6) is -1.25. The van der Waals surface area contributed by atoms with Crippen molar-refractivity contribution in [1.82, 2.24) is 5.32 Å². The van der Waals surface area contributed by atoms with Crippen molar-refractivity contribution in [3.05, 3.63) is 53.1 Å². The Labute approximate surface area is 160 Å². The Balaban J connectivity index is 1.72. The maximum atomic E-state index is 12.4. The molecule has 1 atom stereocenters. The van der Waals surface area contributed by atoms with Crippen LogP contribution in [0.4, 0.5) is 5.69 Å². The number of hydrogen-bond acceptors (Lipinski definition) is 5. The molecule has 0 saturated heterocycles. The summed E-state index contributed by atoms with van der Waals surface area (Å²) in [6, 6.07) is 9.85. The number of anilines is 1. The molecule has 1 heterocycles. The van der Waals surface area contributed by atoms with Gasteiger partial charge in [0.25, 0.3) is 5.91 Å². The molecule has 1 aliphatic heterocycles. The number of carboxylic acids is 1. The third-order valence-electron chi connectivity index (χ3n) is 4.12. The van der Waals surface area contributed by atoms with E-state index in [0.717, 1.165) is 4.90 Å². The van der Waals surface area contributed by atoms with Crippen molar-refractivity contribution in [2.75, 3.05) is 12.4 Å². The summed E-state index contributed by atoms with van der Waals surface area (Å²) in [6.45, 7) is 1.99. The molecule has 0 fully saturated rings. The standard InChI is InChI=1S/C19H18N2O5S/c1-10-17(22)21-14-8-12(4-6-16(14)27-10)18(23)20-9-11-3-5-15(26-2)13(7-11)19(24)25/h3-8,10H,9H2,1-2H3,(H,20,23)(H,21,22)(H,24,25)/t10-/m1/s1. The molecule has 3 rings (SSSR count). The normalized spacial score (nSPS) is 15.5. The summed E-state index contributed by atoms with van der Waals surface area (Å²) in [5, 5.41) is 14.6. The average molecular weight is 386 g/mol. The lowest BCUT2D eigenvalue weighted by Crippen LogP contribution is -2.27. The van der Waals surface area contributed by atoms with Gasteiger partial charge in [0.05, 0.1) is 18.0 Å². The number of methoxy groups -OCH3 is 1. The molecular formula is C19H18N2O5S. The highest BCUT2D eigenvalue weighted by Gasteiger charge is 2.23. The van der Waals surface area contributed by atoms with E-state index in [1.807, 2.05) is 6.92 Å². The van der Waals surface area contributed by atoms with E-state index in [1.165, 1.54) is 24.9 Å². The van der Waals surface area contributed by atoms with Crippen LogP contribution in [0.25, 0.3) is 0 Å². The van der Waals surface area contributed by atoms with Crippen molar-refractivity contribution in [1.29, 1.82) is 0 Å². The number of hydrogen-bond donors (Lipinski definition) is 3. The number of carbonyl (C=O) groups excluding carboxylic acids is 2. The van der Waals surface area contributed by atoms with Gasteiger partial charge in [-0.05, 0) is 42.8 Å². The van der Waals surface area contributed by atoms with Crippen molar-refractivity contribution in [3.63, 3.8) is 0 Å². The predicted octanol–water partition coefficient (Wildman–Crippen LogP) is 2.76. The summed E-state index contributed by atoms with van der Waals surface area (Å²) in [4.78, 5) is 36.4. The smallest absolute Gasteiger partial charge is 0.339 e. The van der Waals surface area contributed by atoms with Crippen molar-refractivity contribution in [2.24, 2.45) is 0 Å². The quantitative estimate of drug-likeness (QED) is 0.730. The van der Waals surface area contributed by atoms with Crippen LogP contribution in [0, 0.1) is 0 Å². The van der Waals surface area contributed by atoms with Crippen LogP contribution in [0.1, 0.15) is 33.2 Å². The Hall–Kier alpha value is -3.00. The van der Waals surface area contributed by atoms with E-state index in [9.17, 15) is 19.5 Å². The first-order valence-electron chi connectivity index (χ1n) is 8.19. The fraction of sp³-hybridized carbons (Fsp3) is 0.211. The number of nitrogens with one attached hydrogen (secondary N) is 2. The number of carboxylic acid groups (broad SMARTS) is 1. The van der Waals surface area contributed by atoms with Crippen LogP contribution in [-0.4, -0.2) is 35.2 Å². The van der Waals surface area contributed by atoms with E-state index in [1.54, 1.807) is 30.3 Å². The maximum Gasteiger partial charge on any atom is 0.339 e. The topological polar surface area (TPSA) is 105 Å². The van der Waals surface area contributed by atoms with Crippen LogP contribution in [-0.2, 0) is 11.3 Å². The van der Waals surface area contributed by atoms with E-state index < -0.39 is 5.97 Å². The summed E-state index contributed by atoms with van der Waals surface area (Å²) in [5.41, 5.74) is 1.70. The second-order valence-electron chi connectivity index (χ2n) is 5.98. The molecule has 3 N–H and O–H groups in total. The van der Waals surface area contributed by atoms with Gasteiger partial charge < -0.3 is 20.5 Å². The minimum atomic E-state index is -1.10. The predicted molar refractivity (Wildman–Crippen MR) is 102 cm³/mol. The minimum absolute atomic E-state index is 0.0342. The summed E-state index contributed by atoms with van der Waals surface area (Å²) in [6.07, 6.45) is 0. The highest BCUT2D eigenvalue weighted by atomic mass is 32.2. The molecule has 0 saturated carbocycles. The zero-order valence-electron chi connectivity index (χ0n) is 14.7. The Kier molecular flexibility index (Phi) is 5.36. The molecule has 0 spiro atoms. The number of rotatable bonds is 5. The van der Waals surface area contributed by atoms with Gasteiger partial charge in [-0.2, -0.15) is 0 Å². The minimum Gasteiger partial charge on any atom is -0.496 e. The molecule has 0 bridgehead atoms. The molecule has 0 unspecified atom stereocenters. The van der Waals surface area contributed by atoms with Crippen molar-refractivity contribution in [2.45, 2.75) is 23.6 Å². The summed E-state index contributed by atoms with van der Waals surface area (Å²) < 4.78 is 5.02. The molecule has 27 heavy (non-hydrogen) atoms. The number of ether oxygens (including phenoxy) is 1. The van der Waals surface area contributed by atoms with Crippen LogP contribution in [0.5, 0.6) is 5.75 Å². The van der Waals surface area contributed by atoms with Crippen LogP contribution >= 0.6 is 11.8 Å². The van der Waals surface area contributed by atoms with Crippen molar-refractivity contribution in [3.8, 4) is 5.75 Å². The van der Waals surface area contributed by atoms with Gasteiger partial charge in [0, 0.05) is 17.0 Å². The number of fused-ring (bicyclic) bond motifs is 1. The Morgan fingerprint density at radius 3 is 2.74 bits per heavy atom. The molecule has 0 radical (unpaired) electrons. The van der Waals surface area contributed by atoms with E-state index in [0.29, 0.717) is 16.8 Å². The van der Waals surface area contributed by atoms with Gasteiger partial charge in [-0.25, -0.2) is 4.79 Å². The lowest BCUT2D eigenvalue weighted by Gasteiger charge is -2.21. The molecule has 140 valence electrons. The van der Waals surface area contributed by atoms with Gasteiger partial charge in [0.2, 0.25) is 5.91 Å². The van der Waals surface area contributed by atoms with Crippen LogP contribution in [0.15, 0.2) is 41.3 Å². The lowest BCUT2D eigenvalue weighted by molar-refractivity contribution is -0.115. The van der Waals surface area contributed by atoms with Crippen LogP contribution in [0.3, 0.4) is 0 Å². The molecule has 2 aromatic rings. The van der Waals surface area contributed by atoms with Gasteiger partial charge in [-0.15, -0.1) is 11.8 Å². The molecule has 8 heteroatoms. The number of carbonyl (C=O) groups is 3. The van der Waals surface area contributed by atoms with Crippen LogP contribution in [0.2, 0.25) is 0 Å². The number of amides is 2. The second-order valence-corrected chi connectivity index (χ2v) is 7.37. The molecule has 2 amide bonds. The van der Waals surface area contributed by atoms with E-state index in [4.69, 9.17) is 4.74 Å². The molecule has 0 aliphatic carbocycles. The molecule has 0 aromatic heterocycles. The Morgan fingerprint density at radius 1 is 1.26 bits per heavy atom. The zero-order chi connectivity index (χ0) is 19.6. The number of benzene rings is 2. The SMILES string of the molecule is COc1ccc(CNC(=O)c2ccc3c(c2)NC(=O)[C@@H](C)S3)cc1C(=O)O. The van der Waals surface area contributed by atoms with Gasteiger partial charge >= 0.3 is 5.97 Å². The Bertz CT molecular complexity index is 928. The maximum absolute atomic E-state index is 12.4. The largest absolute Gasteiger partial charge is 0.496 e. The fourth-order valence-electron chi connectivity index (χ4n) is 2.67. The first-order valence-corrected chi connectivity index (χ1v) is 9.07. The lowest BCUT2D eigenvalue weighted by atomic mass is 10.1. The molecule has 2 aromatic carbocycles. The van der Waals surface area contributed by atoms with Gasteiger partial charge in [-0.3, -0.25) is 9.59 Å². The van der Waals surface area contributed by atoms with Crippen molar-refractivity contribution < 1.29 is 24.2 Å². The van der Waals surface area contributed by atoms with Gasteiger partial charge in [0.15, 0.2) is 0 Å². The fourth-order valence-corrected chi connectivity index (χ4v) is 3.60. The third-order valence-corrected chi connectivity index (χ3v) is 5.30. The summed E-state index contributed by atoms with van der Waals surface area (Å²) >= 11 is 1.45. The molecular weight excluding hydrogens is 368 g/mol. The second kappa shape index (κ2) is 7.71. The molecule has 7 nitrogen and oxygen atoms in total. The van der Waals surface area contributed by atoms with Crippen LogP contribution < -0.4 is 15.4 Å². The summed E-state index contributed by atoms with van der Waals surface area (Å²) in [7, 11) is 1.40. The first kappa shape index (κ1) is 18.8. The van der Waals surface area contributed by atoms with Gasteiger partial charge in [0.1, 0.15) is 11.3 Å². The monoisotopic (exact) mass is 386 g/mol. The third kappa shape index (κ3) is 4.06. The van der Waals surface area contributed by atoms with Gasteiger partial charge in [-0.1, -0.05) is 6.07 Å². The van der Waals surface area contributed by atoms with E-state index >= 15 is 0 Å². The zero-order valence-corrected chi connectivity index (χ0v) is 15.6. The number of thioether (sulfide) groups is 1. The average Bonchev–Trinajstić information content (AvgIpc) is 2.66. The van der Waals surface area contributed by atoms with E-state index in [-0.39, 0.29) is 34.9 Å². The highest BCUT2D eigenvalue weighted by Crippen LogP contribution is 2.35.